The molecule has 2 rings (SSSR count). The summed E-state index contributed by atoms with van der Waals surface area (Å²) in [6.45, 7) is 1.81. The Kier molecular flexibility index (Phi) is 1.64. The van der Waals surface area contributed by atoms with Crippen molar-refractivity contribution in [1.29, 1.82) is 0 Å². The standard InChI is InChI=1S/C7H12O4/c1-3-4(8)5(9-2)6-7(10-3)11-6/h3-8H,1-2H3/t3-,4?,5?,6-,7?/m1/s1. The number of epoxide rings is 1. The summed E-state index contributed by atoms with van der Waals surface area (Å²) in [6, 6.07) is 0. The van der Waals surface area contributed by atoms with E-state index < -0.39 is 6.10 Å². The van der Waals surface area contributed by atoms with Crippen molar-refractivity contribution >= 4 is 0 Å². The van der Waals surface area contributed by atoms with Gasteiger partial charge in [0.1, 0.15) is 18.3 Å². The first-order valence-electron chi connectivity index (χ1n) is 3.76. The number of hydrogen-bond acceptors (Lipinski definition) is 4. The molecule has 0 bridgehead atoms. The molecule has 0 radical (unpaired) electrons. The van der Waals surface area contributed by atoms with Crippen LogP contribution in [0.5, 0.6) is 0 Å². The van der Waals surface area contributed by atoms with Crippen molar-refractivity contribution in [2.24, 2.45) is 0 Å². The van der Waals surface area contributed by atoms with Crippen LogP contribution in [-0.4, -0.2) is 42.9 Å². The Bertz CT molecular complexity index is 161. The van der Waals surface area contributed by atoms with Gasteiger partial charge < -0.3 is 19.3 Å². The van der Waals surface area contributed by atoms with Crippen LogP contribution in [0.3, 0.4) is 0 Å². The molecule has 2 aliphatic rings. The van der Waals surface area contributed by atoms with Gasteiger partial charge in [-0.05, 0) is 6.92 Å². The highest BCUT2D eigenvalue weighted by molar-refractivity contribution is 4.96. The summed E-state index contributed by atoms with van der Waals surface area (Å²) in [7, 11) is 1.57. The Morgan fingerprint density at radius 1 is 1.36 bits per heavy atom. The molecular weight excluding hydrogens is 148 g/mol. The van der Waals surface area contributed by atoms with Crippen molar-refractivity contribution in [1.82, 2.24) is 0 Å². The number of fused-ring (bicyclic) bond motifs is 1. The molecule has 2 aliphatic heterocycles. The van der Waals surface area contributed by atoms with Gasteiger partial charge in [-0.1, -0.05) is 0 Å². The lowest BCUT2D eigenvalue weighted by atomic mass is 10.0. The molecule has 11 heavy (non-hydrogen) atoms. The smallest absolute Gasteiger partial charge is 0.187 e. The summed E-state index contributed by atoms with van der Waals surface area (Å²) in [5, 5.41) is 9.50. The molecular formula is C7H12O4. The highest BCUT2D eigenvalue weighted by Gasteiger charge is 2.55. The fourth-order valence-corrected chi connectivity index (χ4v) is 1.48. The maximum atomic E-state index is 9.50. The number of aliphatic hydroxyl groups excluding tert-OH is 1. The third kappa shape index (κ3) is 1.06. The van der Waals surface area contributed by atoms with E-state index in [1.54, 1.807) is 7.11 Å². The average Bonchev–Trinajstić information content (AvgIpc) is 2.69. The lowest BCUT2D eigenvalue weighted by Gasteiger charge is -2.28. The minimum Gasteiger partial charge on any atom is -0.388 e. The zero-order valence-electron chi connectivity index (χ0n) is 6.56. The predicted octanol–water partition coefficient (Wildman–Crippen LogP) is -0.494. The summed E-state index contributed by atoms with van der Waals surface area (Å²) >= 11 is 0. The SMILES string of the molecule is COC1C(O)[C@@H](C)OC2O[C@@H]21. The zero-order valence-corrected chi connectivity index (χ0v) is 6.56. The second-order valence-electron chi connectivity index (χ2n) is 3.00. The number of methoxy groups -OCH3 is 1. The third-order valence-electron chi connectivity index (χ3n) is 2.25. The monoisotopic (exact) mass is 160 g/mol. The normalized spacial score (nSPS) is 55.4. The van der Waals surface area contributed by atoms with E-state index >= 15 is 0 Å². The molecule has 0 aromatic carbocycles. The zero-order chi connectivity index (χ0) is 8.01. The van der Waals surface area contributed by atoms with Gasteiger partial charge in [0.15, 0.2) is 6.29 Å². The summed E-state index contributed by atoms with van der Waals surface area (Å²) in [4.78, 5) is 0. The van der Waals surface area contributed by atoms with Gasteiger partial charge >= 0.3 is 0 Å². The van der Waals surface area contributed by atoms with Gasteiger partial charge in [-0.2, -0.15) is 0 Å². The summed E-state index contributed by atoms with van der Waals surface area (Å²) in [6.07, 6.45) is -1.17. The van der Waals surface area contributed by atoms with Crippen LogP contribution in [-0.2, 0) is 14.2 Å². The molecule has 1 N–H and O–H groups in total. The molecule has 0 aliphatic carbocycles. The summed E-state index contributed by atoms with van der Waals surface area (Å²) < 4.78 is 15.4. The largest absolute Gasteiger partial charge is 0.388 e. The Morgan fingerprint density at radius 2 is 2.09 bits per heavy atom. The van der Waals surface area contributed by atoms with E-state index in [0.717, 1.165) is 0 Å². The van der Waals surface area contributed by atoms with Crippen molar-refractivity contribution in [2.45, 2.75) is 37.6 Å². The lowest BCUT2D eigenvalue weighted by molar-refractivity contribution is -0.132. The second kappa shape index (κ2) is 2.42. The predicted molar refractivity (Wildman–Crippen MR) is 36.0 cm³/mol. The molecule has 64 valence electrons. The number of hydrogen-bond donors (Lipinski definition) is 1. The minimum absolute atomic E-state index is 0.0498. The minimum atomic E-state index is -0.566. The second-order valence-corrected chi connectivity index (χ2v) is 3.00. The number of rotatable bonds is 1. The molecule has 0 amide bonds. The fourth-order valence-electron chi connectivity index (χ4n) is 1.48. The van der Waals surface area contributed by atoms with Gasteiger partial charge in [-0.3, -0.25) is 0 Å². The summed E-state index contributed by atoms with van der Waals surface area (Å²) in [5.41, 5.74) is 0. The van der Waals surface area contributed by atoms with E-state index in [0.29, 0.717) is 0 Å². The van der Waals surface area contributed by atoms with Gasteiger partial charge in [0.2, 0.25) is 0 Å². The quantitative estimate of drug-likeness (QED) is 0.526. The molecule has 0 aromatic heterocycles. The summed E-state index contributed by atoms with van der Waals surface area (Å²) in [5.74, 6) is 0. The molecule has 2 heterocycles. The molecule has 4 heteroatoms. The Hall–Kier alpha value is -0.160. The van der Waals surface area contributed by atoms with Crippen LogP contribution >= 0.6 is 0 Å². The van der Waals surface area contributed by atoms with Gasteiger partial charge in [-0.25, -0.2) is 0 Å². The van der Waals surface area contributed by atoms with Crippen LogP contribution < -0.4 is 0 Å². The molecule has 0 spiro atoms. The lowest BCUT2D eigenvalue weighted by Crippen LogP contribution is -2.46. The van der Waals surface area contributed by atoms with Crippen molar-refractivity contribution in [3.05, 3.63) is 0 Å². The fraction of sp³-hybridized carbons (Fsp3) is 1.00. The van der Waals surface area contributed by atoms with Gasteiger partial charge in [0, 0.05) is 7.11 Å². The van der Waals surface area contributed by atoms with Crippen molar-refractivity contribution in [3.63, 3.8) is 0 Å². The third-order valence-corrected chi connectivity index (χ3v) is 2.25. The first-order chi connectivity index (χ1) is 5.24. The van der Waals surface area contributed by atoms with E-state index in [1.165, 1.54) is 0 Å². The highest BCUT2D eigenvalue weighted by atomic mass is 16.8. The Balaban J connectivity index is 2.05. The molecule has 0 saturated carbocycles. The molecule has 0 aromatic rings. The number of aliphatic hydroxyl groups is 1. The van der Waals surface area contributed by atoms with E-state index in [9.17, 15) is 5.11 Å². The number of ether oxygens (including phenoxy) is 3. The highest BCUT2D eigenvalue weighted by Crippen LogP contribution is 2.36. The topological polar surface area (TPSA) is 51.2 Å². The molecule has 3 unspecified atom stereocenters. The Labute approximate surface area is 65.1 Å². The van der Waals surface area contributed by atoms with E-state index in [4.69, 9.17) is 14.2 Å². The van der Waals surface area contributed by atoms with Crippen LogP contribution in [0.15, 0.2) is 0 Å². The van der Waals surface area contributed by atoms with Crippen molar-refractivity contribution in [2.75, 3.05) is 7.11 Å². The van der Waals surface area contributed by atoms with Crippen LogP contribution in [0.25, 0.3) is 0 Å². The van der Waals surface area contributed by atoms with Crippen molar-refractivity contribution < 1.29 is 19.3 Å². The van der Waals surface area contributed by atoms with Crippen molar-refractivity contribution in [3.8, 4) is 0 Å². The van der Waals surface area contributed by atoms with E-state index in [2.05, 4.69) is 0 Å². The van der Waals surface area contributed by atoms with Gasteiger partial charge in [-0.15, -0.1) is 0 Å². The van der Waals surface area contributed by atoms with E-state index in [1.807, 2.05) is 6.92 Å². The molecule has 5 atom stereocenters. The van der Waals surface area contributed by atoms with E-state index in [-0.39, 0.29) is 24.6 Å². The maximum Gasteiger partial charge on any atom is 0.187 e. The molecule has 4 nitrogen and oxygen atoms in total. The van der Waals surface area contributed by atoms with Crippen LogP contribution in [0.1, 0.15) is 6.92 Å². The van der Waals surface area contributed by atoms with Crippen LogP contribution in [0.2, 0.25) is 0 Å². The first-order valence-corrected chi connectivity index (χ1v) is 3.76. The average molecular weight is 160 g/mol. The molecule has 2 fully saturated rings. The van der Waals surface area contributed by atoms with Gasteiger partial charge in [0.25, 0.3) is 0 Å². The Morgan fingerprint density at radius 3 is 2.73 bits per heavy atom. The van der Waals surface area contributed by atoms with Crippen LogP contribution in [0, 0.1) is 0 Å². The molecule has 2 saturated heterocycles. The van der Waals surface area contributed by atoms with Crippen LogP contribution in [0.4, 0.5) is 0 Å². The maximum absolute atomic E-state index is 9.50. The first kappa shape index (κ1) is 7.49. The van der Waals surface area contributed by atoms with Gasteiger partial charge in [0.05, 0.1) is 6.10 Å².